The first-order valence-corrected chi connectivity index (χ1v) is 8.77. The van der Waals surface area contributed by atoms with Crippen LogP contribution in [0.15, 0.2) is 23.1 Å². The lowest BCUT2D eigenvalue weighted by atomic mass is 9.92. The zero-order valence-corrected chi connectivity index (χ0v) is 14.0. The number of sulfonamides is 1. The minimum atomic E-state index is -4.56. The van der Waals surface area contributed by atoms with Crippen LogP contribution in [0.5, 0.6) is 0 Å². The SMILES string of the molecule is Cc1cc(S(=O)(=O)N2CC(C)CC(C(=O)O)C2)ccc1C(F)(F)F. The van der Waals surface area contributed by atoms with Gasteiger partial charge in [0.1, 0.15) is 0 Å². The fourth-order valence-electron chi connectivity index (χ4n) is 2.94. The van der Waals surface area contributed by atoms with Gasteiger partial charge >= 0.3 is 12.1 Å². The quantitative estimate of drug-likeness (QED) is 0.894. The van der Waals surface area contributed by atoms with Crippen LogP contribution in [0, 0.1) is 18.8 Å². The molecule has 1 heterocycles. The third-order valence-electron chi connectivity index (χ3n) is 4.12. The van der Waals surface area contributed by atoms with Crippen LogP contribution < -0.4 is 0 Å². The molecule has 2 unspecified atom stereocenters. The van der Waals surface area contributed by atoms with Gasteiger partial charge in [-0.25, -0.2) is 8.42 Å². The number of rotatable bonds is 3. The lowest BCUT2D eigenvalue weighted by molar-refractivity contribution is -0.143. The van der Waals surface area contributed by atoms with Crippen molar-refractivity contribution in [1.82, 2.24) is 4.31 Å². The Morgan fingerprint density at radius 2 is 1.92 bits per heavy atom. The molecule has 1 fully saturated rings. The standard InChI is InChI=1S/C15H18F3NO4S/c1-9-5-11(14(20)21)8-19(7-9)24(22,23)12-3-4-13(10(2)6-12)15(16,17)18/h3-4,6,9,11H,5,7-8H2,1-2H3,(H,20,21). The first-order valence-electron chi connectivity index (χ1n) is 7.33. The number of carbonyl (C=O) groups is 1. The summed E-state index contributed by atoms with van der Waals surface area (Å²) in [5.41, 5.74) is -1.08. The van der Waals surface area contributed by atoms with Gasteiger partial charge in [0.2, 0.25) is 10.0 Å². The molecule has 0 bridgehead atoms. The van der Waals surface area contributed by atoms with Crippen molar-refractivity contribution < 1.29 is 31.5 Å². The van der Waals surface area contributed by atoms with Crippen LogP contribution in [0.4, 0.5) is 13.2 Å². The summed E-state index contributed by atoms with van der Waals surface area (Å²) in [5, 5.41) is 9.13. The molecular formula is C15H18F3NO4S. The lowest BCUT2D eigenvalue weighted by Gasteiger charge is -2.33. The van der Waals surface area contributed by atoms with E-state index in [9.17, 15) is 26.4 Å². The molecule has 0 saturated carbocycles. The second kappa shape index (κ2) is 6.36. The summed E-state index contributed by atoms with van der Waals surface area (Å²) in [4.78, 5) is 10.9. The molecule has 0 aromatic heterocycles. The van der Waals surface area contributed by atoms with Gasteiger partial charge in [0, 0.05) is 13.1 Å². The molecule has 24 heavy (non-hydrogen) atoms. The fraction of sp³-hybridized carbons (Fsp3) is 0.533. The van der Waals surface area contributed by atoms with E-state index < -0.39 is 33.7 Å². The van der Waals surface area contributed by atoms with Crippen LogP contribution in [-0.4, -0.2) is 36.9 Å². The highest BCUT2D eigenvalue weighted by atomic mass is 32.2. The maximum absolute atomic E-state index is 12.8. The van der Waals surface area contributed by atoms with E-state index in [4.69, 9.17) is 5.11 Å². The van der Waals surface area contributed by atoms with Gasteiger partial charge in [0.15, 0.2) is 0 Å². The van der Waals surface area contributed by atoms with Gasteiger partial charge in [-0.3, -0.25) is 4.79 Å². The van der Waals surface area contributed by atoms with Crippen LogP contribution in [-0.2, 0) is 21.0 Å². The third kappa shape index (κ3) is 3.72. The Labute approximate surface area is 138 Å². The summed E-state index contributed by atoms with van der Waals surface area (Å²) in [6, 6.07) is 2.64. The number of carboxylic acids is 1. The van der Waals surface area contributed by atoms with Crippen molar-refractivity contribution in [2.75, 3.05) is 13.1 Å². The molecule has 1 aliphatic rings. The second-order valence-corrected chi connectivity index (χ2v) is 8.11. The Kier molecular flexibility index (Phi) is 4.96. The van der Waals surface area contributed by atoms with Crippen molar-refractivity contribution >= 4 is 16.0 Å². The first-order chi connectivity index (χ1) is 10.9. The predicted octanol–water partition coefficient (Wildman–Crippen LogP) is 2.75. The topological polar surface area (TPSA) is 74.7 Å². The van der Waals surface area contributed by atoms with Crippen molar-refractivity contribution in [3.8, 4) is 0 Å². The number of nitrogens with zero attached hydrogens (tertiary/aromatic N) is 1. The van der Waals surface area contributed by atoms with E-state index >= 15 is 0 Å². The van der Waals surface area contributed by atoms with Crippen LogP contribution in [0.3, 0.4) is 0 Å². The Morgan fingerprint density at radius 1 is 1.29 bits per heavy atom. The van der Waals surface area contributed by atoms with Gasteiger partial charge in [-0.1, -0.05) is 6.92 Å². The van der Waals surface area contributed by atoms with E-state index in [1.165, 1.54) is 6.92 Å². The highest BCUT2D eigenvalue weighted by molar-refractivity contribution is 7.89. The highest BCUT2D eigenvalue weighted by Gasteiger charge is 2.37. The Morgan fingerprint density at radius 3 is 2.42 bits per heavy atom. The number of piperidine rings is 1. The van der Waals surface area contributed by atoms with Crippen molar-refractivity contribution in [1.29, 1.82) is 0 Å². The van der Waals surface area contributed by atoms with E-state index in [0.717, 1.165) is 22.5 Å². The van der Waals surface area contributed by atoms with Crippen molar-refractivity contribution in [2.45, 2.75) is 31.3 Å². The summed E-state index contributed by atoms with van der Waals surface area (Å²) in [5.74, 6) is -2.05. The normalized spacial score (nSPS) is 23.2. The number of alkyl halides is 3. The van der Waals surface area contributed by atoms with E-state index in [2.05, 4.69) is 0 Å². The number of benzene rings is 1. The minimum Gasteiger partial charge on any atom is -0.481 e. The number of carboxylic acid groups (broad SMARTS) is 1. The molecular weight excluding hydrogens is 347 g/mol. The van der Waals surface area contributed by atoms with E-state index in [-0.39, 0.29) is 29.5 Å². The zero-order valence-electron chi connectivity index (χ0n) is 13.2. The van der Waals surface area contributed by atoms with Gasteiger partial charge in [0.25, 0.3) is 0 Å². The molecule has 0 aliphatic carbocycles. The molecule has 1 aliphatic heterocycles. The molecule has 1 saturated heterocycles. The summed E-state index contributed by atoms with van der Waals surface area (Å²) in [6.07, 6.45) is -4.19. The molecule has 0 amide bonds. The number of aliphatic carboxylic acids is 1. The summed E-state index contributed by atoms with van der Waals surface area (Å²) in [6.45, 7) is 2.91. The van der Waals surface area contributed by atoms with Gasteiger partial charge < -0.3 is 5.11 Å². The van der Waals surface area contributed by atoms with Crippen LogP contribution >= 0.6 is 0 Å². The average molecular weight is 365 g/mol. The Balaban J connectivity index is 2.36. The van der Waals surface area contributed by atoms with Crippen LogP contribution in [0.1, 0.15) is 24.5 Å². The molecule has 1 N–H and O–H groups in total. The first kappa shape index (κ1) is 18.7. The molecule has 0 radical (unpaired) electrons. The zero-order chi connectivity index (χ0) is 18.3. The molecule has 1 aromatic carbocycles. The lowest BCUT2D eigenvalue weighted by Crippen LogP contribution is -2.45. The smallest absolute Gasteiger partial charge is 0.416 e. The van der Waals surface area contributed by atoms with E-state index in [1.54, 1.807) is 6.92 Å². The minimum absolute atomic E-state index is 0.145. The number of aryl methyl sites for hydroxylation is 1. The van der Waals surface area contributed by atoms with Crippen molar-refractivity contribution in [2.24, 2.45) is 11.8 Å². The fourth-order valence-corrected chi connectivity index (χ4v) is 4.63. The Hall–Kier alpha value is -1.61. The summed E-state index contributed by atoms with van der Waals surface area (Å²) >= 11 is 0. The third-order valence-corrected chi connectivity index (χ3v) is 5.94. The van der Waals surface area contributed by atoms with Crippen molar-refractivity contribution in [3.05, 3.63) is 29.3 Å². The predicted molar refractivity (Wildman–Crippen MR) is 79.8 cm³/mol. The molecule has 1 aromatic rings. The summed E-state index contributed by atoms with van der Waals surface area (Å²) < 4.78 is 64.8. The van der Waals surface area contributed by atoms with Gasteiger partial charge in [0.05, 0.1) is 16.4 Å². The number of hydrogen-bond acceptors (Lipinski definition) is 3. The van der Waals surface area contributed by atoms with Gasteiger partial charge in [-0.05, 0) is 43.0 Å². The molecule has 2 atom stereocenters. The second-order valence-electron chi connectivity index (χ2n) is 6.17. The van der Waals surface area contributed by atoms with Crippen LogP contribution in [0.25, 0.3) is 0 Å². The number of halogens is 3. The molecule has 2 rings (SSSR count). The number of hydrogen-bond donors (Lipinski definition) is 1. The van der Waals surface area contributed by atoms with Crippen molar-refractivity contribution in [3.63, 3.8) is 0 Å². The molecule has 134 valence electrons. The summed E-state index contributed by atoms with van der Waals surface area (Å²) in [7, 11) is -4.04. The van der Waals surface area contributed by atoms with Gasteiger partial charge in [-0.2, -0.15) is 17.5 Å². The maximum Gasteiger partial charge on any atom is 0.416 e. The average Bonchev–Trinajstić information content (AvgIpc) is 2.45. The molecule has 0 spiro atoms. The molecule has 9 heteroatoms. The molecule has 5 nitrogen and oxygen atoms in total. The van der Waals surface area contributed by atoms with E-state index in [0.29, 0.717) is 6.42 Å². The Bertz CT molecular complexity index is 746. The maximum atomic E-state index is 12.8. The van der Waals surface area contributed by atoms with E-state index in [1.807, 2.05) is 0 Å². The largest absolute Gasteiger partial charge is 0.481 e. The highest BCUT2D eigenvalue weighted by Crippen LogP contribution is 2.34. The van der Waals surface area contributed by atoms with Crippen LogP contribution in [0.2, 0.25) is 0 Å². The van der Waals surface area contributed by atoms with Gasteiger partial charge in [-0.15, -0.1) is 0 Å². The monoisotopic (exact) mass is 365 g/mol.